The molecular formula is C11H25NO4. The highest BCUT2D eigenvalue weighted by Crippen LogP contribution is 1.95. The average molecular weight is 235 g/mol. The number of rotatable bonds is 12. The van der Waals surface area contributed by atoms with Crippen molar-refractivity contribution in [3.63, 3.8) is 0 Å². The minimum Gasteiger partial charge on any atom is -0.383 e. The quantitative estimate of drug-likeness (QED) is 0.497. The predicted molar refractivity (Wildman–Crippen MR) is 62.6 cm³/mol. The third-order valence-electron chi connectivity index (χ3n) is 2.05. The van der Waals surface area contributed by atoms with Crippen LogP contribution in [0.1, 0.15) is 12.8 Å². The third-order valence-corrected chi connectivity index (χ3v) is 2.05. The first-order valence-corrected chi connectivity index (χ1v) is 5.70. The van der Waals surface area contributed by atoms with Crippen LogP contribution in [0.25, 0.3) is 0 Å². The Morgan fingerprint density at radius 1 is 0.875 bits per heavy atom. The summed E-state index contributed by atoms with van der Waals surface area (Å²) in [6.45, 7) is 3.84. The SMILES string of the molecule is COCCOCCOCCCC(N)COC. The minimum atomic E-state index is 0.117. The molecule has 0 rings (SSSR count). The van der Waals surface area contributed by atoms with E-state index >= 15 is 0 Å². The Labute approximate surface area is 98.2 Å². The Morgan fingerprint density at radius 2 is 1.50 bits per heavy atom. The fourth-order valence-electron chi connectivity index (χ4n) is 1.21. The zero-order chi connectivity index (χ0) is 12.1. The van der Waals surface area contributed by atoms with E-state index in [-0.39, 0.29) is 6.04 Å². The maximum Gasteiger partial charge on any atom is 0.0701 e. The van der Waals surface area contributed by atoms with Crippen molar-refractivity contribution in [2.75, 3.05) is 53.9 Å². The van der Waals surface area contributed by atoms with E-state index in [0.717, 1.165) is 19.4 Å². The fraction of sp³-hybridized carbons (Fsp3) is 1.00. The molecule has 0 bridgehead atoms. The molecule has 2 N–H and O–H groups in total. The fourth-order valence-corrected chi connectivity index (χ4v) is 1.21. The van der Waals surface area contributed by atoms with Gasteiger partial charge in [-0.3, -0.25) is 0 Å². The second-order valence-electron chi connectivity index (χ2n) is 3.58. The van der Waals surface area contributed by atoms with Crippen molar-refractivity contribution in [3.8, 4) is 0 Å². The van der Waals surface area contributed by atoms with Crippen LogP contribution in [0.5, 0.6) is 0 Å². The van der Waals surface area contributed by atoms with Gasteiger partial charge in [0.1, 0.15) is 0 Å². The van der Waals surface area contributed by atoms with Crippen molar-refractivity contribution < 1.29 is 18.9 Å². The second-order valence-corrected chi connectivity index (χ2v) is 3.58. The molecule has 0 aromatic carbocycles. The topological polar surface area (TPSA) is 62.9 Å². The number of nitrogens with two attached hydrogens (primary N) is 1. The van der Waals surface area contributed by atoms with Crippen LogP contribution in [-0.2, 0) is 18.9 Å². The molecule has 0 aliphatic rings. The summed E-state index contributed by atoms with van der Waals surface area (Å²) in [6, 6.07) is 0.117. The van der Waals surface area contributed by atoms with E-state index in [9.17, 15) is 0 Å². The summed E-state index contributed by atoms with van der Waals surface area (Å²) < 4.78 is 20.4. The highest BCUT2D eigenvalue weighted by molar-refractivity contribution is 4.58. The molecule has 0 saturated carbocycles. The van der Waals surface area contributed by atoms with E-state index in [1.807, 2.05) is 0 Å². The molecule has 1 unspecified atom stereocenters. The van der Waals surface area contributed by atoms with Gasteiger partial charge in [0.2, 0.25) is 0 Å². The van der Waals surface area contributed by atoms with Crippen LogP contribution in [0, 0.1) is 0 Å². The molecule has 0 aromatic heterocycles. The van der Waals surface area contributed by atoms with Gasteiger partial charge in [-0.15, -0.1) is 0 Å². The third kappa shape index (κ3) is 11.9. The minimum absolute atomic E-state index is 0.117. The normalized spacial score (nSPS) is 12.9. The lowest BCUT2D eigenvalue weighted by Crippen LogP contribution is -2.25. The van der Waals surface area contributed by atoms with Crippen LogP contribution in [0.3, 0.4) is 0 Å². The second kappa shape index (κ2) is 12.9. The highest BCUT2D eigenvalue weighted by atomic mass is 16.5. The first kappa shape index (κ1) is 15.8. The Balaban J connectivity index is 2.98. The summed E-state index contributed by atoms with van der Waals surface area (Å²) in [5.74, 6) is 0. The molecule has 0 saturated heterocycles. The number of ether oxygens (including phenoxy) is 4. The number of methoxy groups -OCH3 is 2. The lowest BCUT2D eigenvalue weighted by atomic mass is 10.2. The summed E-state index contributed by atoms with van der Waals surface area (Å²) in [4.78, 5) is 0. The van der Waals surface area contributed by atoms with Gasteiger partial charge in [-0.1, -0.05) is 0 Å². The van der Waals surface area contributed by atoms with E-state index in [4.69, 9.17) is 24.7 Å². The Hall–Kier alpha value is -0.200. The van der Waals surface area contributed by atoms with Crippen LogP contribution < -0.4 is 5.73 Å². The lowest BCUT2D eigenvalue weighted by Gasteiger charge is -2.10. The van der Waals surface area contributed by atoms with Gasteiger partial charge in [0.15, 0.2) is 0 Å². The van der Waals surface area contributed by atoms with Gasteiger partial charge in [0, 0.05) is 26.9 Å². The smallest absolute Gasteiger partial charge is 0.0701 e. The molecule has 5 heteroatoms. The molecule has 0 amide bonds. The van der Waals surface area contributed by atoms with E-state index in [1.54, 1.807) is 14.2 Å². The number of hydrogen-bond acceptors (Lipinski definition) is 5. The van der Waals surface area contributed by atoms with Crippen LogP contribution in [-0.4, -0.2) is 59.9 Å². The Kier molecular flexibility index (Phi) is 12.7. The Morgan fingerprint density at radius 3 is 2.12 bits per heavy atom. The standard InChI is InChI=1S/C11H25NO4/c1-13-6-7-16-9-8-15-5-3-4-11(12)10-14-2/h11H,3-10,12H2,1-2H3. The first-order valence-electron chi connectivity index (χ1n) is 5.70. The summed E-state index contributed by atoms with van der Waals surface area (Å²) in [5, 5.41) is 0. The van der Waals surface area contributed by atoms with Gasteiger partial charge in [0.05, 0.1) is 33.0 Å². The largest absolute Gasteiger partial charge is 0.383 e. The summed E-state index contributed by atoms with van der Waals surface area (Å²) in [7, 11) is 3.32. The monoisotopic (exact) mass is 235 g/mol. The van der Waals surface area contributed by atoms with Crippen LogP contribution >= 0.6 is 0 Å². The molecule has 0 radical (unpaired) electrons. The maximum atomic E-state index is 5.76. The van der Waals surface area contributed by atoms with E-state index in [1.165, 1.54) is 0 Å². The van der Waals surface area contributed by atoms with Crippen molar-refractivity contribution in [3.05, 3.63) is 0 Å². The summed E-state index contributed by atoms with van der Waals surface area (Å²) in [6.07, 6.45) is 1.89. The van der Waals surface area contributed by atoms with Gasteiger partial charge in [-0.25, -0.2) is 0 Å². The zero-order valence-corrected chi connectivity index (χ0v) is 10.4. The van der Waals surface area contributed by atoms with Crippen molar-refractivity contribution in [1.82, 2.24) is 0 Å². The van der Waals surface area contributed by atoms with Gasteiger partial charge >= 0.3 is 0 Å². The van der Waals surface area contributed by atoms with Crippen molar-refractivity contribution in [2.24, 2.45) is 5.73 Å². The van der Waals surface area contributed by atoms with Crippen LogP contribution in [0.2, 0.25) is 0 Å². The molecule has 16 heavy (non-hydrogen) atoms. The Bertz CT molecular complexity index is 135. The molecule has 1 atom stereocenters. The molecule has 98 valence electrons. The number of hydrogen-bond donors (Lipinski definition) is 1. The lowest BCUT2D eigenvalue weighted by molar-refractivity contribution is 0.0234. The maximum absolute atomic E-state index is 5.76. The molecule has 0 aliphatic carbocycles. The van der Waals surface area contributed by atoms with E-state index in [0.29, 0.717) is 33.0 Å². The molecule has 0 fully saturated rings. The molecule has 0 heterocycles. The van der Waals surface area contributed by atoms with E-state index in [2.05, 4.69) is 0 Å². The molecule has 0 aromatic rings. The summed E-state index contributed by atoms with van der Waals surface area (Å²) >= 11 is 0. The van der Waals surface area contributed by atoms with Crippen molar-refractivity contribution in [1.29, 1.82) is 0 Å². The molecular weight excluding hydrogens is 210 g/mol. The molecule has 0 spiro atoms. The van der Waals surface area contributed by atoms with Crippen molar-refractivity contribution in [2.45, 2.75) is 18.9 Å². The zero-order valence-electron chi connectivity index (χ0n) is 10.4. The van der Waals surface area contributed by atoms with Crippen molar-refractivity contribution >= 4 is 0 Å². The molecule has 5 nitrogen and oxygen atoms in total. The van der Waals surface area contributed by atoms with Gasteiger partial charge in [0.25, 0.3) is 0 Å². The van der Waals surface area contributed by atoms with Gasteiger partial charge in [-0.2, -0.15) is 0 Å². The van der Waals surface area contributed by atoms with Gasteiger partial charge in [-0.05, 0) is 12.8 Å². The van der Waals surface area contributed by atoms with Crippen LogP contribution in [0.4, 0.5) is 0 Å². The first-order chi connectivity index (χ1) is 7.81. The molecule has 0 aliphatic heterocycles. The van der Waals surface area contributed by atoms with E-state index < -0.39 is 0 Å². The predicted octanol–water partition coefficient (Wildman–Crippen LogP) is 0.420. The average Bonchev–Trinajstić information content (AvgIpc) is 2.27. The van der Waals surface area contributed by atoms with Crippen LogP contribution in [0.15, 0.2) is 0 Å². The summed E-state index contributed by atoms with van der Waals surface area (Å²) in [5.41, 5.74) is 5.76. The van der Waals surface area contributed by atoms with Gasteiger partial charge < -0.3 is 24.7 Å². The highest BCUT2D eigenvalue weighted by Gasteiger charge is 2.00.